The third-order valence-electron chi connectivity index (χ3n) is 1.77. The molecule has 0 aromatic carbocycles. The van der Waals surface area contributed by atoms with Crippen LogP contribution >= 0.6 is 0 Å². The fourth-order valence-electron chi connectivity index (χ4n) is 1.08. The normalized spacial score (nSPS) is 10.9. The Morgan fingerprint density at radius 1 is 1.09 bits per heavy atom. The van der Waals surface area contributed by atoms with Gasteiger partial charge in [0.15, 0.2) is 0 Å². The van der Waals surface area contributed by atoms with E-state index in [1.54, 1.807) is 0 Å². The van der Waals surface area contributed by atoms with Gasteiger partial charge in [0, 0.05) is 13.2 Å². The van der Waals surface area contributed by atoms with Crippen LogP contribution in [0.3, 0.4) is 0 Å². The van der Waals surface area contributed by atoms with E-state index in [2.05, 4.69) is 13.8 Å². The SMILES string of the molecule is CCOCCCCCC(C)C. The Morgan fingerprint density at radius 2 is 1.82 bits per heavy atom. The van der Waals surface area contributed by atoms with Gasteiger partial charge in [0.05, 0.1) is 0 Å². The quantitative estimate of drug-likeness (QED) is 0.517. The minimum absolute atomic E-state index is 0.863. The monoisotopic (exact) mass is 158 g/mol. The highest BCUT2D eigenvalue weighted by Crippen LogP contribution is 2.07. The van der Waals surface area contributed by atoms with E-state index < -0.39 is 0 Å². The van der Waals surface area contributed by atoms with Crippen LogP contribution in [0.15, 0.2) is 0 Å². The van der Waals surface area contributed by atoms with E-state index in [4.69, 9.17) is 4.74 Å². The van der Waals surface area contributed by atoms with Crippen LogP contribution in [0.2, 0.25) is 0 Å². The van der Waals surface area contributed by atoms with Gasteiger partial charge in [-0.05, 0) is 19.3 Å². The Bertz CT molecular complexity index is 69.3. The van der Waals surface area contributed by atoms with Crippen molar-refractivity contribution < 1.29 is 4.74 Å². The highest BCUT2D eigenvalue weighted by atomic mass is 16.5. The molecule has 11 heavy (non-hydrogen) atoms. The zero-order valence-corrected chi connectivity index (χ0v) is 8.23. The standard InChI is InChI=1S/C10H22O/c1-4-11-9-7-5-6-8-10(2)3/h10H,4-9H2,1-3H3. The molecule has 0 heterocycles. The second kappa shape index (κ2) is 8.06. The lowest BCUT2D eigenvalue weighted by molar-refractivity contribution is 0.142. The van der Waals surface area contributed by atoms with Crippen LogP contribution in [-0.4, -0.2) is 13.2 Å². The maximum atomic E-state index is 5.24. The first kappa shape index (κ1) is 11.0. The summed E-state index contributed by atoms with van der Waals surface area (Å²) in [6, 6.07) is 0. The Labute approximate surface area is 71.1 Å². The van der Waals surface area contributed by atoms with E-state index in [1.807, 2.05) is 6.92 Å². The summed E-state index contributed by atoms with van der Waals surface area (Å²) < 4.78 is 5.24. The molecule has 0 fully saturated rings. The predicted molar refractivity (Wildman–Crippen MR) is 49.8 cm³/mol. The Balaban J connectivity index is 2.80. The second-order valence-electron chi connectivity index (χ2n) is 3.44. The van der Waals surface area contributed by atoms with Crippen molar-refractivity contribution >= 4 is 0 Å². The van der Waals surface area contributed by atoms with Crippen LogP contribution in [0.1, 0.15) is 46.5 Å². The van der Waals surface area contributed by atoms with Crippen LogP contribution in [0.4, 0.5) is 0 Å². The van der Waals surface area contributed by atoms with Crippen molar-refractivity contribution in [1.82, 2.24) is 0 Å². The highest BCUT2D eigenvalue weighted by molar-refractivity contribution is 4.46. The summed E-state index contributed by atoms with van der Waals surface area (Å²) >= 11 is 0. The number of hydrogen-bond donors (Lipinski definition) is 0. The summed E-state index contributed by atoms with van der Waals surface area (Å²) in [6.07, 6.45) is 5.30. The molecule has 0 spiro atoms. The summed E-state index contributed by atoms with van der Waals surface area (Å²) in [5.41, 5.74) is 0. The molecular formula is C10H22O. The lowest BCUT2D eigenvalue weighted by Gasteiger charge is -2.03. The molecule has 0 aliphatic heterocycles. The van der Waals surface area contributed by atoms with Crippen LogP contribution in [0.25, 0.3) is 0 Å². The fraction of sp³-hybridized carbons (Fsp3) is 1.00. The van der Waals surface area contributed by atoms with Crippen molar-refractivity contribution in [2.75, 3.05) is 13.2 Å². The molecule has 68 valence electrons. The van der Waals surface area contributed by atoms with Crippen molar-refractivity contribution in [2.24, 2.45) is 5.92 Å². The van der Waals surface area contributed by atoms with Gasteiger partial charge in [0.25, 0.3) is 0 Å². The number of ether oxygens (including phenoxy) is 1. The molecule has 0 aromatic rings. The minimum atomic E-state index is 0.863. The van der Waals surface area contributed by atoms with E-state index in [9.17, 15) is 0 Å². The Hall–Kier alpha value is -0.0400. The summed E-state index contributed by atoms with van der Waals surface area (Å²) in [5.74, 6) is 0.863. The molecule has 0 atom stereocenters. The zero-order valence-electron chi connectivity index (χ0n) is 8.23. The van der Waals surface area contributed by atoms with Gasteiger partial charge in [-0.15, -0.1) is 0 Å². The Morgan fingerprint density at radius 3 is 2.36 bits per heavy atom. The molecule has 0 bridgehead atoms. The molecular weight excluding hydrogens is 136 g/mol. The molecule has 0 unspecified atom stereocenters. The first-order valence-corrected chi connectivity index (χ1v) is 4.85. The van der Waals surface area contributed by atoms with Gasteiger partial charge in [-0.1, -0.05) is 33.1 Å². The number of hydrogen-bond acceptors (Lipinski definition) is 1. The van der Waals surface area contributed by atoms with Gasteiger partial charge < -0.3 is 4.74 Å². The molecule has 0 saturated heterocycles. The first-order chi connectivity index (χ1) is 5.27. The van der Waals surface area contributed by atoms with E-state index in [0.29, 0.717) is 0 Å². The molecule has 0 rings (SSSR count). The summed E-state index contributed by atoms with van der Waals surface area (Å²) in [6.45, 7) is 8.43. The second-order valence-corrected chi connectivity index (χ2v) is 3.44. The third-order valence-corrected chi connectivity index (χ3v) is 1.77. The van der Waals surface area contributed by atoms with E-state index >= 15 is 0 Å². The highest BCUT2D eigenvalue weighted by Gasteiger charge is 1.93. The van der Waals surface area contributed by atoms with Gasteiger partial charge in [-0.25, -0.2) is 0 Å². The fourth-order valence-corrected chi connectivity index (χ4v) is 1.08. The van der Waals surface area contributed by atoms with Crippen molar-refractivity contribution in [3.8, 4) is 0 Å². The van der Waals surface area contributed by atoms with Gasteiger partial charge in [-0.2, -0.15) is 0 Å². The van der Waals surface area contributed by atoms with Gasteiger partial charge in [0.1, 0.15) is 0 Å². The molecule has 0 aromatic heterocycles. The van der Waals surface area contributed by atoms with Crippen molar-refractivity contribution in [3.05, 3.63) is 0 Å². The summed E-state index contributed by atoms with van der Waals surface area (Å²) in [7, 11) is 0. The molecule has 0 aliphatic carbocycles. The van der Waals surface area contributed by atoms with E-state index in [-0.39, 0.29) is 0 Å². The largest absolute Gasteiger partial charge is 0.382 e. The lowest BCUT2D eigenvalue weighted by Crippen LogP contribution is -1.94. The maximum absolute atomic E-state index is 5.24. The smallest absolute Gasteiger partial charge is 0.0465 e. The zero-order chi connectivity index (χ0) is 8.53. The van der Waals surface area contributed by atoms with Gasteiger partial charge in [-0.3, -0.25) is 0 Å². The average Bonchev–Trinajstić information content (AvgIpc) is 1.96. The van der Waals surface area contributed by atoms with E-state index in [1.165, 1.54) is 25.7 Å². The number of rotatable bonds is 7. The molecule has 1 nitrogen and oxygen atoms in total. The molecule has 1 heteroatoms. The predicted octanol–water partition coefficient (Wildman–Crippen LogP) is 3.24. The van der Waals surface area contributed by atoms with E-state index in [0.717, 1.165) is 19.1 Å². The third kappa shape index (κ3) is 9.96. The maximum Gasteiger partial charge on any atom is 0.0465 e. The average molecular weight is 158 g/mol. The van der Waals surface area contributed by atoms with Crippen molar-refractivity contribution in [1.29, 1.82) is 0 Å². The van der Waals surface area contributed by atoms with Crippen molar-refractivity contribution in [2.45, 2.75) is 46.5 Å². The lowest BCUT2D eigenvalue weighted by atomic mass is 10.1. The summed E-state index contributed by atoms with van der Waals surface area (Å²) in [4.78, 5) is 0. The number of unbranched alkanes of at least 4 members (excludes halogenated alkanes) is 2. The molecule has 0 N–H and O–H groups in total. The molecule has 0 amide bonds. The first-order valence-electron chi connectivity index (χ1n) is 4.85. The van der Waals surface area contributed by atoms with Crippen LogP contribution in [0, 0.1) is 5.92 Å². The van der Waals surface area contributed by atoms with Gasteiger partial charge in [0.2, 0.25) is 0 Å². The summed E-state index contributed by atoms with van der Waals surface area (Å²) in [5, 5.41) is 0. The molecule has 0 aliphatic rings. The molecule has 0 saturated carbocycles. The van der Waals surface area contributed by atoms with Crippen LogP contribution < -0.4 is 0 Å². The topological polar surface area (TPSA) is 9.23 Å². The van der Waals surface area contributed by atoms with Crippen LogP contribution in [-0.2, 0) is 4.74 Å². The Kier molecular flexibility index (Phi) is 8.03. The van der Waals surface area contributed by atoms with Gasteiger partial charge >= 0.3 is 0 Å². The van der Waals surface area contributed by atoms with Crippen molar-refractivity contribution in [3.63, 3.8) is 0 Å². The van der Waals surface area contributed by atoms with Crippen LogP contribution in [0.5, 0.6) is 0 Å². The minimum Gasteiger partial charge on any atom is -0.382 e. The molecule has 0 radical (unpaired) electrons.